The molecule has 1 aromatic heterocycles. The fraction of sp³-hybridized carbons (Fsp3) is 0.417. The molecule has 6 heteroatoms. The topological polar surface area (TPSA) is 76.3 Å². The van der Waals surface area contributed by atoms with Crippen molar-refractivity contribution in [1.29, 1.82) is 0 Å². The number of primary amides is 1. The predicted octanol–water partition coefficient (Wildman–Crippen LogP) is 1.18. The average molecular weight is 312 g/mol. The van der Waals surface area contributed by atoms with E-state index in [2.05, 4.69) is 20.9 Å². The van der Waals surface area contributed by atoms with Crippen molar-refractivity contribution in [2.45, 2.75) is 12.8 Å². The van der Waals surface area contributed by atoms with Crippen molar-refractivity contribution in [3.8, 4) is 0 Å². The van der Waals surface area contributed by atoms with Gasteiger partial charge < -0.3 is 10.6 Å². The SMILES string of the molecule is NC(=O)C1CCCN(C(=O)c2cccnc2Br)C1. The zero-order valence-corrected chi connectivity index (χ0v) is 11.4. The van der Waals surface area contributed by atoms with E-state index in [-0.39, 0.29) is 17.7 Å². The van der Waals surface area contributed by atoms with Crippen LogP contribution in [0.25, 0.3) is 0 Å². The molecule has 5 nitrogen and oxygen atoms in total. The van der Waals surface area contributed by atoms with Crippen LogP contribution in [0.5, 0.6) is 0 Å². The van der Waals surface area contributed by atoms with E-state index in [1.807, 2.05) is 0 Å². The lowest BCUT2D eigenvalue weighted by Gasteiger charge is -2.31. The van der Waals surface area contributed by atoms with Gasteiger partial charge in [0, 0.05) is 19.3 Å². The van der Waals surface area contributed by atoms with Crippen LogP contribution in [-0.2, 0) is 4.79 Å². The lowest BCUT2D eigenvalue weighted by Crippen LogP contribution is -2.44. The summed E-state index contributed by atoms with van der Waals surface area (Å²) in [6.45, 7) is 1.06. The highest BCUT2D eigenvalue weighted by atomic mass is 79.9. The minimum Gasteiger partial charge on any atom is -0.369 e. The molecule has 1 aromatic rings. The highest BCUT2D eigenvalue weighted by Gasteiger charge is 2.28. The predicted molar refractivity (Wildman–Crippen MR) is 69.8 cm³/mol. The van der Waals surface area contributed by atoms with Gasteiger partial charge in [-0.1, -0.05) is 0 Å². The number of halogens is 1. The molecule has 2 N–H and O–H groups in total. The molecule has 0 radical (unpaired) electrons. The number of rotatable bonds is 2. The van der Waals surface area contributed by atoms with Gasteiger partial charge in [-0.2, -0.15) is 0 Å². The number of piperidine rings is 1. The smallest absolute Gasteiger partial charge is 0.256 e. The summed E-state index contributed by atoms with van der Waals surface area (Å²) < 4.78 is 0.524. The van der Waals surface area contributed by atoms with Crippen LogP contribution in [0.1, 0.15) is 23.2 Å². The minimum atomic E-state index is -0.335. The molecule has 1 atom stereocenters. The number of carbonyl (C=O) groups is 2. The van der Waals surface area contributed by atoms with Gasteiger partial charge in [-0.15, -0.1) is 0 Å². The van der Waals surface area contributed by atoms with E-state index in [4.69, 9.17) is 5.73 Å². The molecule has 2 rings (SSSR count). The van der Waals surface area contributed by atoms with Gasteiger partial charge in [-0.05, 0) is 40.9 Å². The Bertz CT molecular complexity index is 478. The zero-order chi connectivity index (χ0) is 13.1. The van der Waals surface area contributed by atoms with Crippen molar-refractivity contribution in [3.05, 3.63) is 28.5 Å². The lowest BCUT2D eigenvalue weighted by atomic mass is 9.97. The molecule has 2 amide bonds. The standard InChI is InChI=1S/C12H14BrN3O2/c13-10-9(4-1-5-15-10)12(18)16-6-2-3-8(7-16)11(14)17/h1,4-5,8H,2-3,6-7H2,(H2,14,17). The van der Waals surface area contributed by atoms with Crippen LogP contribution < -0.4 is 5.73 Å². The van der Waals surface area contributed by atoms with Gasteiger partial charge in [0.15, 0.2) is 0 Å². The average Bonchev–Trinajstić information content (AvgIpc) is 2.38. The van der Waals surface area contributed by atoms with Gasteiger partial charge in [0.1, 0.15) is 4.60 Å². The van der Waals surface area contributed by atoms with E-state index >= 15 is 0 Å². The van der Waals surface area contributed by atoms with Crippen molar-refractivity contribution in [1.82, 2.24) is 9.88 Å². The number of pyridine rings is 1. The second kappa shape index (κ2) is 5.48. The van der Waals surface area contributed by atoms with Crippen LogP contribution in [0.3, 0.4) is 0 Å². The summed E-state index contributed by atoms with van der Waals surface area (Å²) in [7, 11) is 0. The van der Waals surface area contributed by atoms with Crippen molar-refractivity contribution in [2.24, 2.45) is 11.7 Å². The van der Waals surface area contributed by atoms with Crippen molar-refractivity contribution >= 4 is 27.7 Å². The molecule has 0 aromatic carbocycles. The maximum absolute atomic E-state index is 12.3. The number of nitrogens with zero attached hydrogens (tertiary/aromatic N) is 2. The van der Waals surface area contributed by atoms with Gasteiger partial charge in [-0.25, -0.2) is 4.98 Å². The molecule has 0 spiro atoms. The van der Waals surface area contributed by atoms with E-state index in [0.717, 1.165) is 12.8 Å². The highest BCUT2D eigenvalue weighted by molar-refractivity contribution is 9.10. The van der Waals surface area contributed by atoms with Crippen LogP contribution in [-0.4, -0.2) is 34.8 Å². The van der Waals surface area contributed by atoms with E-state index in [0.29, 0.717) is 23.3 Å². The first-order chi connectivity index (χ1) is 8.59. The molecule has 1 saturated heterocycles. The van der Waals surface area contributed by atoms with Crippen LogP contribution in [0.2, 0.25) is 0 Å². The van der Waals surface area contributed by atoms with Crippen LogP contribution in [0, 0.1) is 5.92 Å². The van der Waals surface area contributed by atoms with Gasteiger partial charge in [0.05, 0.1) is 11.5 Å². The van der Waals surface area contributed by atoms with E-state index in [9.17, 15) is 9.59 Å². The second-order valence-electron chi connectivity index (χ2n) is 4.33. The number of likely N-dealkylation sites (tertiary alicyclic amines) is 1. The molecule has 1 aliphatic rings. The number of carbonyl (C=O) groups excluding carboxylic acids is 2. The molecule has 2 heterocycles. The summed E-state index contributed by atoms with van der Waals surface area (Å²) in [6.07, 6.45) is 3.17. The molecule has 1 unspecified atom stereocenters. The third-order valence-electron chi connectivity index (χ3n) is 3.10. The second-order valence-corrected chi connectivity index (χ2v) is 5.09. The monoisotopic (exact) mass is 311 g/mol. The van der Waals surface area contributed by atoms with Gasteiger partial charge >= 0.3 is 0 Å². The Morgan fingerprint density at radius 2 is 2.28 bits per heavy atom. The Labute approximate surface area is 113 Å². The Kier molecular flexibility index (Phi) is 3.96. The quantitative estimate of drug-likeness (QED) is 0.833. The summed E-state index contributed by atoms with van der Waals surface area (Å²) in [5, 5.41) is 0. The molecule has 18 heavy (non-hydrogen) atoms. The highest BCUT2D eigenvalue weighted by Crippen LogP contribution is 2.21. The third-order valence-corrected chi connectivity index (χ3v) is 3.73. The van der Waals surface area contributed by atoms with Crippen molar-refractivity contribution < 1.29 is 9.59 Å². The van der Waals surface area contributed by atoms with E-state index in [1.165, 1.54) is 0 Å². The molecule has 0 aliphatic carbocycles. The maximum atomic E-state index is 12.3. The maximum Gasteiger partial charge on any atom is 0.256 e. The van der Waals surface area contributed by atoms with Gasteiger partial charge in [0.2, 0.25) is 5.91 Å². The number of hydrogen-bond donors (Lipinski definition) is 1. The molecule has 0 bridgehead atoms. The summed E-state index contributed by atoms with van der Waals surface area (Å²) in [4.78, 5) is 29.2. The number of hydrogen-bond acceptors (Lipinski definition) is 3. The number of nitrogens with two attached hydrogens (primary N) is 1. The fourth-order valence-corrected chi connectivity index (χ4v) is 2.53. The Morgan fingerprint density at radius 3 is 2.94 bits per heavy atom. The largest absolute Gasteiger partial charge is 0.369 e. The Balaban J connectivity index is 2.14. The molecule has 96 valence electrons. The summed E-state index contributed by atoms with van der Waals surface area (Å²) in [5.41, 5.74) is 5.82. The third kappa shape index (κ3) is 2.69. The van der Waals surface area contributed by atoms with Crippen molar-refractivity contribution in [3.63, 3.8) is 0 Å². The van der Waals surface area contributed by atoms with Crippen LogP contribution >= 0.6 is 15.9 Å². The lowest BCUT2D eigenvalue weighted by molar-refractivity contribution is -0.123. The first-order valence-corrected chi connectivity index (χ1v) is 6.58. The summed E-state index contributed by atoms with van der Waals surface area (Å²) in [5.74, 6) is -0.683. The van der Waals surface area contributed by atoms with Gasteiger partial charge in [-0.3, -0.25) is 9.59 Å². The minimum absolute atomic E-state index is 0.110. The number of amides is 2. The van der Waals surface area contributed by atoms with Crippen LogP contribution in [0.15, 0.2) is 22.9 Å². The summed E-state index contributed by atoms with van der Waals surface area (Å²) in [6, 6.07) is 3.43. The zero-order valence-electron chi connectivity index (χ0n) is 9.80. The molecular formula is C12H14BrN3O2. The fourth-order valence-electron chi connectivity index (χ4n) is 2.11. The van der Waals surface area contributed by atoms with E-state index < -0.39 is 0 Å². The van der Waals surface area contributed by atoms with E-state index in [1.54, 1.807) is 23.2 Å². The summed E-state index contributed by atoms with van der Waals surface area (Å²) >= 11 is 3.26. The van der Waals surface area contributed by atoms with Gasteiger partial charge in [0.25, 0.3) is 5.91 Å². The molecule has 1 fully saturated rings. The van der Waals surface area contributed by atoms with Crippen LogP contribution in [0.4, 0.5) is 0 Å². The first-order valence-electron chi connectivity index (χ1n) is 5.78. The Hall–Kier alpha value is -1.43. The van der Waals surface area contributed by atoms with Crippen molar-refractivity contribution in [2.75, 3.05) is 13.1 Å². The molecule has 0 saturated carbocycles. The normalized spacial score (nSPS) is 19.6. The Morgan fingerprint density at radius 1 is 1.50 bits per heavy atom. The first kappa shape index (κ1) is 13.0. The number of aromatic nitrogens is 1. The molecular weight excluding hydrogens is 298 g/mol. The molecule has 1 aliphatic heterocycles.